The topological polar surface area (TPSA) is 15.3 Å². The normalized spacial score (nSPS) is 37.3. The summed E-state index contributed by atoms with van der Waals surface area (Å²) in [5.74, 6) is 1.92. The molecule has 2 heteroatoms. The Morgan fingerprint density at radius 3 is 2.56 bits per heavy atom. The van der Waals surface area contributed by atoms with Crippen LogP contribution in [0.25, 0.3) is 0 Å². The van der Waals surface area contributed by atoms with E-state index in [4.69, 9.17) is 0 Å². The molecule has 0 spiro atoms. The maximum atomic E-state index is 3.81. The number of rotatable bonds is 4. The number of hydrogen-bond acceptors (Lipinski definition) is 2. The average molecular weight is 222 g/mol. The second-order valence-electron chi connectivity index (χ2n) is 6.43. The van der Waals surface area contributed by atoms with Crippen LogP contribution >= 0.6 is 0 Å². The van der Waals surface area contributed by atoms with Crippen LogP contribution in [0.15, 0.2) is 0 Å². The molecule has 1 saturated heterocycles. The van der Waals surface area contributed by atoms with Gasteiger partial charge in [0, 0.05) is 25.2 Å². The van der Waals surface area contributed by atoms with Crippen LogP contribution < -0.4 is 5.32 Å². The molecule has 1 aliphatic heterocycles. The summed E-state index contributed by atoms with van der Waals surface area (Å²) in [5, 5.41) is 3.81. The van der Waals surface area contributed by atoms with Crippen molar-refractivity contribution in [2.45, 2.75) is 57.5 Å². The predicted molar refractivity (Wildman–Crippen MR) is 67.5 cm³/mol. The minimum Gasteiger partial charge on any atom is -0.312 e. The Balaban J connectivity index is 1.48. The zero-order chi connectivity index (χ0) is 11.0. The molecule has 0 amide bonds. The Morgan fingerprint density at radius 1 is 1.12 bits per heavy atom. The lowest BCUT2D eigenvalue weighted by atomic mass is 9.87. The Morgan fingerprint density at radius 2 is 1.94 bits per heavy atom. The van der Waals surface area contributed by atoms with Crippen molar-refractivity contribution in [1.29, 1.82) is 0 Å². The lowest BCUT2D eigenvalue weighted by Gasteiger charge is -2.44. The molecule has 2 saturated carbocycles. The highest BCUT2D eigenvalue weighted by Crippen LogP contribution is 2.30. The van der Waals surface area contributed by atoms with Crippen LogP contribution in [0.4, 0.5) is 0 Å². The van der Waals surface area contributed by atoms with Crippen LogP contribution in [-0.2, 0) is 0 Å². The van der Waals surface area contributed by atoms with E-state index in [9.17, 15) is 0 Å². The van der Waals surface area contributed by atoms with Gasteiger partial charge in [0.15, 0.2) is 0 Å². The summed E-state index contributed by atoms with van der Waals surface area (Å²) >= 11 is 0. The van der Waals surface area contributed by atoms with Crippen molar-refractivity contribution in [1.82, 2.24) is 10.2 Å². The monoisotopic (exact) mass is 222 g/mol. The number of nitrogens with zero attached hydrogens (tertiary/aromatic N) is 1. The van der Waals surface area contributed by atoms with Crippen molar-refractivity contribution >= 4 is 0 Å². The molecule has 92 valence electrons. The van der Waals surface area contributed by atoms with Gasteiger partial charge in [-0.05, 0) is 50.5 Å². The first-order valence-electron chi connectivity index (χ1n) is 7.28. The van der Waals surface area contributed by atoms with Gasteiger partial charge < -0.3 is 5.32 Å². The van der Waals surface area contributed by atoms with Crippen molar-refractivity contribution in [2.24, 2.45) is 11.8 Å². The van der Waals surface area contributed by atoms with Gasteiger partial charge in [-0.3, -0.25) is 4.90 Å². The molecule has 16 heavy (non-hydrogen) atoms. The van der Waals surface area contributed by atoms with Crippen LogP contribution in [0, 0.1) is 11.8 Å². The number of piperidine rings is 1. The fourth-order valence-electron chi connectivity index (χ4n) is 3.25. The maximum Gasteiger partial charge on any atom is 0.0198 e. The molecular weight excluding hydrogens is 196 g/mol. The smallest absolute Gasteiger partial charge is 0.0198 e. The Kier molecular flexibility index (Phi) is 3.21. The minimum absolute atomic E-state index is 0.782. The van der Waals surface area contributed by atoms with E-state index in [0.29, 0.717) is 0 Å². The second kappa shape index (κ2) is 4.66. The summed E-state index contributed by atoms with van der Waals surface area (Å²) in [7, 11) is 0. The molecule has 2 atom stereocenters. The third-order valence-electron chi connectivity index (χ3n) is 4.67. The summed E-state index contributed by atoms with van der Waals surface area (Å²) in [4.78, 5) is 2.77. The molecule has 2 unspecified atom stereocenters. The number of likely N-dealkylation sites (tertiary alicyclic amines) is 1. The third-order valence-corrected chi connectivity index (χ3v) is 4.67. The Labute approximate surface area is 99.8 Å². The van der Waals surface area contributed by atoms with Gasteiger partial charge in [0.05, 0.1) is 0 Å². The highest BCUT2D eigenvalue weighted by molar-refractivity contribution is 4.89. The quantitative estimate of drug-likeness (QED) is 0.785. The highest BCUT2D eigenvalue weighted by Gasteiger charge is 2.32. The van der Waals surface area contributed by atoms with Crippen molar-refractivity contribution in [3.05, 3.63) is 0 Å². The second-order valence-corrected chi connectivity index (χ2v) is 6.43. The van der Waals surface area contributed by atoms with E-state index in [1.54, 1.807) is 0 Å². The van der Waals surface area contributed by atoms with Gasteiger partial charge in [-0.1, -0.05) is 13.3 Å². The molecule has 1 heterocycles. The third kappa shape index (κ3) is 2.60. The first kappa shape index (κ1) is 11.0. The zero-order valence-corrected chi connectivity index (χ0v) is 10.6. The van der Waals surface area contributed by atoms with Gasteiger partial charge in [0.1, 0.15) is 0 Å². The maximum absolute atomic E-state index is 3.81. The van der Waals surface area contributed by atoms with Gasteiger partial charge in [-0.2, -0.15) is 0 Å². The lowest BCUT2D eigenvalue weighted by Crippen LogP contribution is -2.54. The number of hydrogen-bond donors (Lipinski definition) is 1. The van der Waals surface area contributed by atoms with E-state index in [0.717, 1.165) is 23.9 Å². The molecule has 0 aromatic carbocycles. The first-order chi connectivity index (χ1) is 7.81. The molecule has 0 aromatic rings. The van der Waals surface area contributed by atoms with Gasteiger partial charge >= 0.3 is 0 Å². The van der Waals surface area contributed by atoms with Crippen LogP contribution in [0.2, 0.25) is 0 Å². The van der Waals surface area contributed by atoms with Crippen LogP contribution in [0.5, 0.6) is 0 Å². The Hall–Kier alpha value is -0.0800. The van der Waals surface area contributed by atoms with Crippen LogP contribution in [0.1, 0.15) is 45.4 Å². The molecular formula is C14H26N2. The van der Waals surface area contributed by atoms with E-state index < -0.39 is 0 Å². The van der Waals surface area contributed by atoms with E-state index in [1.165, 1.54) is 58.2 Å². The number of nitrogens with one attached hydrogen (secondary N) is 1. The van der Waals surface area contributed by atoms with E-state index >= 15 is 0 Å². The van der Waals surface area contributed by atoms with Crippen molar-refractivity contribution in [3.8, 4) is 0 Å². The van der Waals surface area contributed by atoms with E-state index in [1.807, 2.05) is 0 Å². The average Bonchev–Trinajstić information content (AvgIpc) is 2.94. The predicted octanol–water partition coefficient (Wildman–Crippen LogP) is 2.25. The molecule has 3 aliphatic rings. The largest absolute Gasteiger partial charge is 0.312 e. The summed E-state index contributed by atoms with van der Waals surface area (Å²) in [6, 6.07) is 1.72. The molecule has 0 aromatic heterocycles. The fraction of sp³-hybridized carbons (Fsp3) is 1.00. The molecule has 3 rings (SSSR count). The molecule has 0 bridgehead atoms. The SMILES string of the molecule is CC1CC(NCC2CC2)CN(C2CCC2)C1. The van der Waals surface area contributed by atoms with Crippen LogP contribution in [-0.4, -0.2) is 36.6 Å². The van der Waals surface area contributed by atoms with Crippen LogP contribution in [0.3, 0.4) is 0 Å². The van der Waals surface area contributed by atoms with Gasteiger partial charge in [0.2, 0.25) is 0 Å². The van der Waals surface area contributed by atoms with Crippen molar-refractivity contribution < 1.29 is 0 Å². The summed E-state index contributed by atoms with van der Waals surface area (Å²) in [5.41, 5.74) is 0. The molecule has 3 fully saturated rings. The van der Waals surface area contributed by atoms with Crippen molar-refractivity contribution in [2.75, 3.05) is 19.6 Å². The van der Waals surface area contributed by atoms with E-state index in [2.05, 4.69) is 17.1 Å². The molecule has 2 aliphatic carbocycles. The standard InChI is InChI=1S/C14H26N2/c1-11-7-13(15-8-12-5-6-12)10-16(9-11)14-3-2-4-14/h11-15H,2-10H2,1H3. The summed E-state index contributed by atoms with van der Waals surface area (Å²) in [6.07, 6.45) is 8.74. The minimum atomic E-state index is 0.782. The zero-order valence-electron chi connectivity index (χ0n) is 10.6. The molecule has 1 N–H and O–H groups in total. The lowest BCUT2D eigenvalue weighted by molar-refractivity contribution is 0.0632. The van der Waals surface area contributed by atoms with Gasteiger partial charge in [0.25, 0.3) is 0 Å². The molecule has 0 radical (unpaired) electrons. The highest BCUT2D eigenvalue weighted by atomic mass is 15.2. The van der Waals surface area contributed by atoms with Gasteiger partial charge in [-0.25, -0.2) is 0 Å². The van der Waals surface area contributed by atoms with Gasteiger partial charge in [-0.15, -0.1) is 0 Å². The first-order valence-corrected chi connectivity index (χ1v) is 7.28. The Bertz CT molecular complexity index is 233. The van der Waals surface area contributed by atoms with E-state index in [-0.39, 0.29) is 0 Å². The van der Waals surface area contributed by atoms with Crippen molar-refractivity contribution in [3.63, 3.8) is 0 Å². The molecule has 2 nitrogen and oxygen atoms in total. The summed E-state index contributed by atoms with van der Waals surface area (Å²) < 4.78 is 0. The fourth-order valence-corrected chi connectivity index (χ4v) is 3.25. The summed E-state index contributed by atoms with van der Waals surface area (Å²) in [6.45, 7) is 6.39.